The maximum atomic E-state index is 11.2. The molecule has 0 heterocycles. The number of carbonyl (C=O) groups is 1. The molecule has 0 unspecified atom stereocenters. The van der Waals surface area contributed by atoms with Gasteiger partial charge in [-0.25, -0.2) is 0 Å². The molecule has 4 heteroatoms. The Bertz CT molecular complexity index is 254. The normalized spacial score (nSPS) is 12.4. The quantitative estimate of drug-likeness (QED) is 0.387. The molecule has 0 aliphatic heterocycles. The first-order valence-electron chi connectivity index (χ1n) is 4.62. The molecule has 0 atom stereocenters. The molecular weight excluding hydrogens is 182 g/mol. The van der Waals surface area contributed by atoms with Crippen LogP contribution in [0.2, 0.25) is 0 Å². The van der Waals surface area contributed by atoms with Gasteiger partial charge in [0.15, 0.2) is 5.78 Å². The largest absolute Gasteiger partial charge is 0.295 e. The molecule has 0 fully saturated rings. The van der Waals surface area contributed by atoms with Crippen LogP contribution in [0.5, 0.6) is 0 Å². The van der Waals surface area contributed by atoms with E-state index in [2.05, 4.69) is 0 Å². The average molecular weight is 199 g/mol. The van der Waals surface area contributed by atoms with Crippen LogP contribution in [0.15, 0.2) is 12.2 Å². The molecule has 0 rings (SSSR count). The van der Waals surface area contributed by atoms with E-state index >= 15 is 0 Å². The topological polar surface area (TPSA) is 60.2 Å². The van der Waals surface area contributed by atoms with E-state index in [1.54, 1.807) is 0 Å². The molecular formula is C10H17NO3. The van der Waals surface area contributed by atoms with Crippen molar-refractivity contribution in [3.05, 3.63) is 22.3 Å². The van der Waals surface area contributed by atoms with Crippen molar-refractivity contribution in [1.29, 1.82) is 0 Å². The fourth-order valence-corrected chi connectivity index (χ4v) is 0.828. The van der Waals surface area contributed by atoms with Gasteiger partial charge in [-0.2, -0.15) is 0 Å². The maximum Gasteiger partial charge on any atom is 0.235 e. The summed E-state index contributed by atoms with van der Waals surface area (Å²) >= 11 is 0. The fraction of sp³-hybridized carbons (Fsp3) is 0.700. The summed E-state index contributed by atoms with van der Waals surface area (Å²) < 4.78 is 0. The number of hydrogen-bond donors (Lipinski definition) is 0. The predicted octanol–water partition coefficient (Wildman–Crippen LogP) is 2.21. The van der Waals surface area contributed by atoms with E-state index in [0.29, 0.717) is 6.42 Å². The number of allylic oxidation sites excluding steroid dienone is 1. The van der Waals surface area contributed by atoms with Gasteiger partial charge in [-0.05, 0) is 18.1 Å². The van der Waals surface area contributed by atoms with E-state index in [0.717, 1.165) is 0 Å². The first kappa shape index (κ1) is 12.8. The van der Waals surface area contributed by atoms with Gasteiger partial charge in [-0.3, -0.25) is 14.9 Å². The van der Waals surface area contributed by atoms with E-state index in [1.165, 1.54) is 26.0 Å². The zero-order valence-corrected chi connectivity index (χ0v) is 9.11. The minimum absolute atomic E-state index is 0.0603. The van der Waals surface area contributed by atoms with Crippen LogP contribution < -0.4 is 0 Å². The molecule has 0 aliphatic carbocycles. The lowest BCUT2D eigenvalue weighted by Gasteiger charge is -2.09. The second kappa shape index (κ2) is 4.88. The zero-order valence-electron chi connectivity index (χ0n) is 9.11. The maximum absolute atomic E-state index is 11.2. The van der Waals surface area contributed by atoms with Gasteiger partial charge in [0.05, 0.1) is 0 Å². The molecule has 0 spiro atoms. The molecule has 0 aliphatic rings. The Labute approximate surface area is 84.1 Å². The highest BCUT2D eigenvalue weighted by Gasteiger charge is 2.26. The molecule has 0 saturated heterocycles. The number of carbonyl (C=O) groups excluding carboxylic acids is 1. The highest BCUT2D eigenvalue weighted by molar-refractivity contribution is 5.89. The third-order valence-electron chi connectivity index (χ3n) is 1.76. The summed E-state index contributed by atoms with van der Waals surface area (Å²) in [5.41, 5.74) is -1.16. The Balaban J connectivity index is 4.30. The summed E-state index contributed by atoms with van der Waals surface area (Å²) in [5.74, 6) is 0.223. The highest BCUT2D eigenvalue weighted by Crippen LogP contribution is 2.10. The van der Waals surface area contributed by atoms with Crippen LogP contribution in [-0.2, 0) is 4.79 Å². The third kappa shape index (κ3) is 4.74. The smallest absolute Gasteiger partial charge is 0.235 e. The lowest BCUT2D eigenvalue weighted by Crippen LogP contribution is -2.28. The van der Waals surface area contributed by atoms with Gasteiger partial charge in [-0.1, -0.05) is 13.8 Å². The minimum atomic E-state index is -1.16. The second-order valence-corrected chi connectivity index (χ2v) is 4.31. The Morgan fingerprint density at radius 2 is 2.00 bits per heavy atom. The Kier molecular flexibility index (Phi) is 4.47. The number of ketones is 1. The lowest BCUT2D eigenvalue weighted by atomic mass is 10.0. The molecule has 0 bridgehead atoms. The van der Waals surface area contributed by atoms with Crippen molar-refractivity contribution in [2.45, 2.75) is 39.7 Å². The molecule has 0 amide bonds. The molecule has 80 valence electrons. The molecule has 14 heavy (non-hydrogen) atoms. The van der Waals surface area contributed by atoms with E-state index < -0.39 is 10.5 Å². The van der Waals surface area contributed by atoms with Crippen LogP contribution >= 0.6 is 0 Å². The second-order valence-electron chi connectivity index (χ2n) is 4.31. The third-order valence-corrected chi connectivity index (χ3v) is 1.76. The van der Waals surface area contributed by atoms with Crippen molar-refractivity contribution in [3.63, 3.8) is 0 Å². The van der Waals surface area contributed by atoms with Crippen molar-refractivity contribution in [2.75, 3.05) is 0 Å². The van der Waals surface area contributed by atoms with Gasteiger partial charge in [-0.15, -0.1) is 0 Å². The first-order valence-corrected chi connectivity index (χ1v) is 4.62. The van der Waals surface area contributed by atoms with Gasteiger partial charge in [0, 0.05) is 25.2 Å². The van der Waals surface area contributed by atoms with Crippen LogP contribution in [0.4, 0.5) is 0 Å². The molecule has 0 aromatic carbocycles. The van der Waals surface area contributed by atoms with E-state index in [4.69, 9.17) is 0 Å². The van der Waals surface area contributed by atoms with Crippen LogP contribution in [-0.4, -0.2) is 16.2 Å². The van der Waals surface area contributed by atoms with Crippen molar-refractivity contribution >= 4 is 5.78 Å². The van der Waals surface area contributed by atoms with Crippen molar-refractivity contribution < 1.29 is 9.72 Å². The van der Waals surface area contributed by atoms with Gasteiger partial charge in [0.1, 0.15) is 0 Å². The van der Waals surface area contributed by atoms with E-state index in [9.17, 15) is 14.9 Å². The summed E-state index contributed by atoms with van der Waals surface area (Å²) in [7, 11) is 0. The van der Waals surface area contributed by atoms with Crippen LogP contribution in [0.1, 0.15) is 34.1 Å². The molecule has 4 nitrogen and oxygen atoms in total. The number of hydrogen-bond acceptors (Lipinski definition) is 3. The summed E-state index contributed by atoms with van der Waals surface area (Å²) in [6.45, 7) is 6.80. The SMILES string of the molecule is CC(C)CC(=O)/C=C/C(C)(C)[N+](=O)[O-]. The van der Waals surface area contributed by atoms with Crippen molar-refractivity contribution in [3.8, 4) is 0 Å². The summed E-state index contributed by atoms with van der Waals surface area (Å²) in [5, 5.41) is 10.5. The monoisotopic (exact) mass is 199 g/mol. The first-order chi connectivity index (χ1) is 6.25. The molecule has 0 N–H and O–H groups in total. The fourth-order valence-electron chi connectivity index (χ4n) is 0.828. The molecule has 0 aromatic rings. The molecule has 0 saturated carbocycles. The van der Waals surface area contributed by atoms with E-state index in [1.807, 2.05) is 13.8 Å². The number of nitrogens with zero attached hydrogens (tertiary/aromatic N) is 1. The average Bonchev–Trinajstić information content (AvgIpc) is 1.99. The Morgan fingerprint density at radius 1 is 1.50 bits per heavy atom. The van der Waals surface area contributed by atoms with Gasteiger partial charge < -0.3 is 0 Å². The van der Waals surface area contributed by atoms with E-state index in [-0.39, 0.29) is 11.7 Å². The predicted molar refractivity (Wildman–Crippen MR) is 54.7 cm³/mol. The van der Waals surface area contributed by atoms with Crippen molar-refractivity contribution in [1.82, 2.24) is 0 Å². The van der Waals surface area contributed by atoms with Gasteiger partial charge >= 0.3 is 0 Å². The summed E-state index contributed by atoms with van der Waals surface area (Å²) in [4.78, 5) is 21.3. The minimum Gasteiger partial charge on any atom is -0.295 e. The number of rotatable bonds is 5. The molecule has 0 radical (unpaired) electrons. The van der Waals surface area contributed by atoms with Crippen LogP contribution in [0.3, 0.4) is 0 Å². The van der Waals surface area contributed by atoms with Gasteiger partial charge in [0.25, 0.3) is 0 Å². The zero-order chi connectivity index (χ0) is 11.4. The summed E-state index contributed by atoms with van der Waals surface area (Å²) in [6.07, 6.45) is 3.09. The Morgan fingerprint density at radius 3 is 2.36 bits per heavy atom. The van der Waals surface area contributed by atoms with Crippen molar-refractivity contribution in [2.24, 2.45) is 5.92 Å². The number of nitro groups is 1. The van der Waals surface area contributed by atoms with Crippen LogP contribution in [0, 0.1) is 16.0 Å². The Hall–Kier alpha value is -1.19. The highest BCUT2D eigenvalue weighted by atomic mass is 16.6. The standard InChI is InChI=1S/C10H17NO3/c1-8(2)7-9(12)5-6-10(3,4)11(13)14/h5-6,8H,7H2,1-4H3/b6-5+. The molecule has 0 aromatic heterocycles. The van der Waals surface area contributed by atoms with Crippen LogP contribution in [0.25, 0.3) is 0 Å². The van der Waals surface area contributed by atoms with Gasteiger partial charge in [0.2, 0.25) is 5.54 Å². The lowest BCUT2D eigenvalue weighted by molar-refractivity contribution is -0.545. The summed E-state index contributed by atoms with van der Waals surface area (Å²) in [6, 6.07) is 0.